The number of rotatable bonds is 12. The first-order valence-corrected chi connectivity index (χ1v) is 34.2. The van der Waals surface area contributed by atoms with Crippen molar-refractivity contribution < 1.29 is 103 Å². The highest BCUT2D eigenvalue weighted by atomic mass is 19.4. The quantitative estimate of drug-likeness (QED) is 0.0619. The van der Waals surface area contributed by atoms with E-state index in [9.17, 15) is 55.4 Å². The maximum Gasteiger partial charge on any atom is 0.471 e. The number of ether oxygens (including phenoxy) is 10. The first-order chi connectivity index (χ1) is 53.8. The zero-order valence-corrected chi connectivity index (χ0v) is 59.2. The van der Waals surface area contributed by atoms with Crippen LogP contribution >= 0.6 is 0 Å². The maximum atomic E-state index is 13.6. The largest absolute Gasteiger partial charge is 0.485 e. The number of aryl methyl sites for hydroxylation is 1. The molecule has 5 aliphatic heterocycles. The number of primary amides is 4. The van der Waals surface area contributed by atoms with Gasteiger partial charge in [0, 0.05) is 101 Å². The van der Waals surface area contributed by atoms with Crippen molar-refractivity contribution in [2.45, 2.75) is 82.5 Å². The second-order valence-corrected chi connectivity index (χ2v) is 25.4. The third-order valence-corrected chi connectivity index (χ3v) is 18.1. The molecule has 5 amide bonds. The summed E-state index contributed by atoms with van der Waals surface area (Å²) < 4.78 is 133. The van der Waals surface area contributed by atoms with Crippen molar-refractivity contribution in [3.63, 3.8) is 0 Å². The predicted octanol–water partition coefficient (Wildman–Crippen LogP) is 11.1. The highest BCUT2D eigenvalue weighted by Gasteiger charge is 2.39. The molecule has 10 aromatic rings. The molecular weight excluding hydrogens is 1470 g/mol. The van der Waals surface area contributed by atoms with Crippen molar-refractivity contribution >= 4 is 29.5 Å². The Balaban J connectivity index is 0.000000130. The lowest BCUT2D eigenvalue weighted by molar-refractivity contribution is -0.173. The van der Waals surface area contributed by atoms with Crippen molar-refractivity contribution in [1.82, 2.24) is 30.2 Å². The third-order valence-electron chi connectivity index (χ3n) is 18.1. The maximum absolute atomic E-state index is 13.6. The summed E-state index contributed by atoms with van der Waals surface area (Å²) in [5.74, 6) is -0.777. The van der Waals surface area contributed by atoms with Gasteiger partial charge in [-0.1, -0.05) is 30.3 Å². The molecular formula is C79H67F6N11O16. The van der Waals surface area contributed by atoms with Crippen molar-refractivity contribution in [1.29, 1.82) is 5.26 Å². The van der Waals surface area contributed by atoms with E-state index in [-0.39, 0.29) is 67.6 Å². The summed E-state index contributed by atoms with van der Waals surface area (Å²) in [6, 6.07) is 31.6. The summed E-state index contributed by atoms with van der Waals surface area (Å²) in [5.41, 5.74) is 30.0. The van der Waals surface area contributed by atoms with Crippen LogP contribution in [-0.4, -0.2) is 98.8 Å². The number of carbonyl (C=O) groups excluding carboxylic acids is 5. The number of hydrogen-bond acceptors (Lipinski definition) is 22. The van der Waals surface area contributed by atoms with Crippen LogP contribution in [0.1, 0.15) is 158 Å². The van der Waals surface area contributed by atoms with E-state index >= 15 is 0 Å². The number of amides is 5. The van der Waals surface area contributed by atoms with Crippen LogP contribution in [0.5, 0.6) is 57.5 Å². The van der Waals surface area contributed by atoms with Crippen molar-refractivity contribution in [2.75, 3.05) is 33.0 Å². The van der Waals surface area contributed by atoms with Gasteiger partial charge in [0.1, 0.15) is 44.9 Å². The minimum atomic E-state index is -4.94. The molecule has 5 aromatic heterocycles. The number of hydrogen-bond donors (Lipinski definition) is 6. The number of nitrogens with zero attached hydrogens (tertiary/aromatic N) is 6. The normalized spacial score (nSPS) is 17.5. The van der Waals surface area contributed by atoms with Gasteiger partial charge in [-0.05, 0) is 128 Å². The van der Waals surface area contributed by atoms with E-state index in [1.54, 1.807) is 134 Å². The Hall–Kier alpha value is -13.8. The fraction of sp³-hybridized carbons (Fsp3) is 0.228. The van der Waals surface area contributed by atoms with Crippen LogP contribution in [0.4, 0.5) is 26.3 Å². The highest BCUT2D eigenvalue weighted by Crippen LogP contribution is 2.46. The SMILES string of the molecule is Cc1c(F)cncc1C1COc2c(cccc2C(N)=O)O1.Cc1ccncc1C1COc2c(cccc2C(N)=O)O1.N#Cc1cccc2c1OCC(c1cncc(CNC(=O)C(F)(F)F)c1)O2.NC(=O)c1cccc2c1OCC(c1cncc(C(F)F)c1)O2.NC(=O)c1cccc2c1OCC(c1cncc3c1CCC3O)O2. The Bertz CT molecular complexity index is 5270. The minimum Gasteiger partial charge on any atom is -0.485 e. The average molecular weight is 1540 g/mol. The molecule has 10 N–H and O–H groups in total. The number of pyridine rings is 5. The summed E-state index contributed by atoms with van der Waals surface area (Å²) in [6.07, 6.45) is 6.41. The van der Waals surface area contributed by atoms with Crippen LogP contribution in [-0.2, 0) is 17.8 Å². The van der Waals surface area contributed by atoms with Crippen LogP contribution < -0.4 is 75.6 Å². The molecule has 0 spiro atoms. The van der Waals surface area contributed by atoms with Gasteiger partial charge in [0.15, 0.2) is 88.0 Å². The number of para-hydroxylation sites is 5. The summed E-state index contributed by atoms with van der Waals surface area (Å²) in [4.78, 5) is 76.3. The topological polar surface area (TPSA) is 402 Å². The van der Waals surface area contributed by atoms with Crippen molar-refractivity contribution in [3.05, 3.63) is 266 Å². The third kappa shape index (κ3) is 17.7. The number of nitrogens with two attached hydrogens (primary N) is 4. The smallest absolute Gasteiger partial charge is 0.471 e. The molecule has 0 fully saturated rings. The number of fused-ring (bicyclic) bond motifs is 6. The molecule has 0 radical (unpaired) electrons. The summed E-state index contributed by atoms with van der Waals surface area (Å²) in [5, 5.41) is 20.8. The van der Waals surface area contributed by atoms with Crippen molar-refractivity contribution in [2.24, 2.45) is 22.9 Å². The molecule has 33 heteroatoms. The van der Waals surface area contributed by atoms with Crippen LogP contribution in [0.25, 0.3) is 0 Å². The molecule has 10 heterocycles. The fourth-order valence-electron chi connectivity index (χ4n) is 12.5. The average Bonchev–Trinajstić information content (AvgIpc) is 1.38. The zero-order chi connectivity index (χ0) is 79.5. The fourth-order valence-corrected chi connectivity index (χ4v) is 12.5. The van der Waals surface area contributed by atoms with Gasteiger partial charge < -0.3 is 80.7 Å². The molecule has 576 valence electrons. The second-order valence-electron chi connectivity index (χ2n) is 25.4. The number of aromatic nitrogens is 5. The standard InChI is InChI=1S/C17H12F3N3O3.C17H16N2O4.C15H12F2N2O3.C15H13FN2O3.C15H14N2O3/c18-17(19,20)16(24)23-7-10-4-12(8-22-6-10)14-9-25-15-11(5-21)2-1-3-13(15)26-14;18-17(21)10-2-1-3-14-16(10)22-8-15(23-14)12-7-19-6-11-9(12)4-5-13(11)20;16-14(17)9-4-8(5-19-6-9)12-7-21-13-10(15(18)20)2-1-3-11(13)22-12;1-8-10(5-18-6-11(8)16)13-7-20-14-9(15(17)19)3-2-4-12(14)21-13;1-9-5-6-17-7-11(9)13-8-19-14-10(15(16)18)3-2-4-12(14)20-13/h1-4,6,8,14H,7,9H2,(H,23,24);1-3,6-7,13,15,20H,4-5,8H2,(H2,18,21);1-6,12,14H,7H2,(H2,18,20);2-6,13H,7H2,1H3,(H2,17,19);2-7,13H,8H2,1H3,(H2,16,18). The van der Waals surface area contributed by atoms with Crippen LogP contribution in [0, 0.1) is 31.0 Å². The Morgan fingerprint density at radius 3 is 1.42 bits per heavy atom. The highest BCUT2D eigenvalue weighted by molar-refractivity contribution is 5.98. The van der Waals surface area contributed by atoms with Crippen LogP contribution in [0.2, 0.25) is 0 Å². The van der Waals surface area contributed by atoms with E-state index < -0.39 is 72.4 Å². The second kappa shape index (κ2) is 34.2. The molecule has 0 saturated carbocycles. The number of nitrogens with one attached hydrogen (secondary N) is 1. The number of aliphatic hydroxyl groups is 1. The van der Waals surface area contributed by atoms with E-state index in [0.29, 0.717) is 109 Å². The molecule has 6 aliphatic rings. The number of aliphatic hydroxyl groups excluding tert-OH is 1. The Kier molecular flexibility index (Phi) is 23.8. The van der Waals surface area contributed by atoms with Gasteiger partial charge in [-0.15, -0.1) is 0 Å². The molecule has 5 aromatic carbocycles. The molecule has 1 aliphatic carbocycles. The monoisotopic (exact) mass is 1540 g/mol. The van der Waals surface area contributed by atoms with Gasteiger partial charge in [0.25, 0.3) is 30.1 Å². The van der Waals surface area contributed by atoms with Gasteiger partial charge in [-0.2, -0.15) is 18.4 Å². The molecule has 6 unspecified atom stereocenters. The van der Waals surface area contributed by atoms with E-state index in [1.165, 1.54) is 30.7 Å². The Morgan fingerprint density at radius 1 is 0.518 bits per heavy atom. The minimum absolute atomic E-state index is 0.0751. The number of nitriles is 1. The number of halogens is 6. The molecule has 27 nitrogen and oxygen atoms in total. The summed E-state index contributed by atoms with van der Waals surface area (Å²) in [6.45, 7) is 4.28. The molecule has 0 saturated heterocycles. The van der Waals surface area contributed by atoms with Gasteiger partial charge in [0.05, 0.1) is 40.1 Å². The molecule has 112 heavy (non-hydrogen) atoms. The van der Waals surface area contributed by atoms with Crippen molar-refractivity contribution in [3.8, 4) is 63.6 Å². The lowest BCUT2D eigenvalue weighted by Gasteiger charge is -2.28. The van der Waals surface area contributed by atoms with Gasteiger partial charge in [0.2, 0.25) is 0 Å². The first kappa shape index (κ1) is 77.8. The molecule has 6 atom stereocenters. The molecule has 16 rings (SSSR count). The van der Waals surface area contributed by atoms with Gasteiger partial charge >= 0.3 is 12.1 Å². The summed E-state index contributed by atoms with van der Waals surface area (Å²) >= 11 is 0. The zero-order valence-electron chi connectivity index (χ0n) is 59.2. The van der Waals surface area contributed by atoms with E-state index in [2.05, 4.69) is 24.9 Å². The summed E-state index contributed by atoms with van der Waals surface area (Å²) in [7, 11) is 0. The van der Waals surface area contributed by atoms with E-state index in [0.717, 1.165) is 46.6 Å². The molecule has 0 bridgehead atoms. The number of benzene rings is 5. The van der Waals surface area contributed by atoms with Crippen LogP contribution in [0.15, 0.2) is 171 Å². The van der Waals surface area contributed by atoms with E-state index in [1.807, 2.05) is 19.1 Å². The van der Waals surface area contributed by atoms with Crippen LogP contribution in [0.3, 0.4) is 0 Å². The van der Waals surface area contributed by atoms with Gasteiger partial charge in [-0.3, -0.25) is 48.9 Å². The van der Waals surface area contributed by atoms with Gasteiger partial charge in [-0.25, -0.2) is 13.2 Å². The number of alkyl halides is 5. The lowest BCUT2D eigenvalue weighted by Crippen LogP contribution is -2.36. The van der Waals surface area contributed by atoms with E-state index in [4.69, 9.17) is 75.6 Å². The predicted molar refractivity (Wildman–Crippen MR) is 382 cm³/mol. The number of carbonyl (C=O) groups is 5. The Morgan fingerprint density at radius 2 is 0.929 bits per heavy atom. The lowest BCUT2D eigenvalue weighted by atomic mass is 10.0. The first-order valence-electron chi connectivity index (χ1n) is 34.2. The Labute approximate surface area is 633 Å².